The highest BCUT2D eigenvalue weighted by atomic mass is 32.2. The van der Waals surface area contributed by atoms with Crippen LogP contribution in [0.5, 0.6) is 0 Å². The Morgan fingerprint density at radius 2 is 1.86 bits per heavy atom. The Hall–Kier alpha value is -2.34. The van der Waals surface area contributed by atoms with Gasteiger partial charge >= 0.3 is 0 Å². The van der Waals surface area contributed by atoms with Gasteiger partial charge in [-0.3, -0.25) is 4.31 Å². The summed E-state index contributed by atoms with van der Waals surface area (Å²) in [7, 11) is -3.63. The van der Waals surface area contributed by atoms with E-state index in [9.17, 15) is 8.42 Å². The molecule has 3 aromatic rings. The Kier molecular flexibility index (Phi) is 3.62. The predicted molar refractivity (Wildman–Crippen MR) is 85.4 cm³/mol. The Labute approximate surface area is 129 Å². The fraction of sp³-hybridized carbons (Fsp3) is 0.188. The summed E-state index contributed by atoms with van der Waals surface area (Å²) in [4.78, 5) is 4.40. The van der Waals surface area contributed by atoms with E-state index in [2.05, 4.69) is 4.98 Å². The van der Waals surface area contributed by atoms with Gasteiger partial charge in [0, 0.05) is 13.5 Å². The smallest absolute Gasteiger partial charge is 0.264 e. The molecular weight excluding hydrogens is 300 g/mol. The minimum absolute atomic E-state index is 0.207. The van der Waals surface area contributed by atoms with Gasteiger partial charge in [-0.15, -0.1) is 0 Å². The van der Waals surface area contributed by atoms with Gasteiger partial charge in [0.2, 0.25) is 0 Å². The predicted octanol–water partition coefficient (Wildman–Crippen LogP) is 3.35. The summed E-state index contributed by atoms with van der Waals surface area (Å²) in [5.74, 6) is 0.514. The lowest BCUT2D eigenvalue weighted by Gasteiger charge is -2.22. The zero-order valence-corrected chi connectivity index (χ0v) is 13.2. The first kappa shape index (κ1) is 14.6. The second-order valence-electron chi connectivity index (χ2n) is 4.87. The first-order valence-electron chi connectivity index (χ1n) is 6.97. The fourth-order valence-electron chi connectivity index (χ4n) is 2.40. The molecule has 114 valence electrons. The van der Waals surface area contributed by atoms with Gasteiger partial charge in [0.15, 0.2) is 11.5 Å². The van der Waals surface area contributed by atoms with E-state index in [0.29, 0.717) is 29.2 Å². The number of benzene rings is 2. The van der Waals surface area contributed by atoms with Crippen molar-refractivity contribution < 1.29 is 12.8 Å². The summed E-state index contributed by atoms with van der Waals surface area (Å²) in [6.07, 6.45) is 0. The molecule has 0 spiro atoms. The topological polar surface area (TPSA) is 63.4 Å². The fourth-order valence-corrected chi connectivity index (χ4v) is 3.89. The van der Waals surface area contributed by atoms with E-state index in [4.69, 9.17) is 4.42 Å². The largest absolute Gasteiger partial charge is 0.441 e. The van der Waals surface area contributed by atoms with E-state index in [1.54, 1.807) is 37.3 Å². The summed E-state index contributed by atoms with van der Waals surface area (Å²) in [5.41, 5.74) is 1.77. The van der Waals surface area contributed by atoms with Crippen LogP contribution >= 0.6 is 0 Å². The standard InChI is InChI=1S/C16H16N2O3S/c1-3-18(13-7-5-4-6-8-13)22(19,20)14-9-10-16-15(11-14)17-12(2)21-16/h4-11H,3H2,1-2H3. The van der Waals surface area contributed by atoms with Crippen LogP contribution in [-0.4, -0.2) is 19.9 Å². The second kappa shape index (κ2) is 5.46. The number of para-hydroxylation sites is 1. The normalized spacial score (nSPS) is 11.7. The molecule has 0 atom stereocenters. The maximum atomic E-state index is 12.9. The zero-order chi connectivity index (χ0) is 15.7. The lowest BCUT2D eigenvalue weighted by Crippen LogP contribution is -2.30. The molecule has 1 heterocycles. The molecule has 6 heteroatoms. The molecule has 0 amide bonds. The summed E-state index contributed by atoms with van der Waals surface area (Å²) < 4.78 is 32.5. The van der Waals surface area contributed by atoms with E-state index in [1.807, 2.05) is 25.1 Å². The maximum Gasteiger partial charge on any atom is 0.264 e. The number of rotatable bonds is 4. The summed E-state index contributed by atoms with van der Waals surface area (Å²) >= 11 is 0. The Morgan fingerprint density at radius 1 is 1.14 bits per heavy atom. The van der Waals surface area contributed by atoms with Crippen LogP contribution in [0.15, 0.2) is 57.8 Å². The SMILES string of the molecule is CCN(c1ccccc1)S(=O)(=O)c1ccc2oc(C)nc2c1. The van der Waals surface area contributed by atoms with Crippen molar-refractivity contribution >= 4 is 26.8 Å². The lowest BCUT2D eigenvalue weighted by molar-refractivity contribution is 0.561. The first-order valence-corrected chi connectivity index (χ1v) is 8.41. The summed E-state index contributed by atoms with van der Waals surface area (Å²) in [6, 6.07) is 13.8. The highest BCUT2D eigenvalue weighted by Crippen LogP contribution is 2.26. The number of hydrogen-bond donors (Lipinski definition) is 0. The van der Waals surface area contributed by atoms with E-state index < -0.39 is 10.0 Å². The van der Waals surface area contributed by atoms with Gasteiger partial charge < -0.3 is 4.42 Å². The minimum atomic E-state index is -3.63. The molecule has 0 fully saturated rings. The van der Waals surface area contributed by atoms with E-state index in [1.165, 1.54) is 4.31 Å². The molecule has 0 saturated heterocycles. The molecule has 0 bridgehead atoms. The second-order valence-corrected chi connectivity index (χ2v) is 6.73. The van der Waals surface area contributed by atoms with Crippen LogP contribution in [0.4, 0.5) is 5.69 Å². The average Bonchev–Trinajstić information content (AvgIpc) is 2.88. The number of aryl methyl sites for hydroxylation is 1. The molecule has 0 saturated carbocycles. The average molecular weight is 316 g/mol. The van der Waals surface area contributed by atoms with Gasteiger partial charge in [-0.25, -0.2) is 13.4 Å². The Bertz CT molecular complexity index is 902. The van der Waals surface area contributed by atoms with Crippen LogP contribution in [0, 0.1) is 6.92 Å². The number of nitrogens with zero attached hydrogens (tertiary/aromatic N) is 2. The molecule has 1 aromatic heterocycles. The van der Waals surface area contributed by atoms with E-state index >= 15 is 0 Å². The molecular formula is C16H16N2O3S. The Balaban J connectivity index is 2.09. The van der Waals surface area contributed by atoms with Gasteiger partial charge in [0.25, 0.3) is 10.0 Å². The van der Waals surface area contributed by atoms with Crippen molar-refractivity contribution in [3.8, 4) is 0 Å². The van der Waals surface area contributed by atoms with E-state index in [-0.39, 0.29) is 4.90 Å². The molecule has 3 rings (SSSR count). The van der Waals surface area contributed by atoms with Gasteiger partial charge in [-0.1, -0.05) is 18.2 Å². The molecule has 0 aliphatic carbocycles. The van der Waals surface area contributed by atoms with Crippen molar-refractivity contribution in [2.75, 3.05) is 10.8 Å². The number of oxazole rings is 1. The van der Waals surface area contributed by atoms with Crippen LogP contribution < -0.4 is 4.31 Å². The first-order chi connectivity index (χ1) is 10.5. The van der Waals surface area contributed by atoms with Gasteiger partial charge in [-0.05, 0) is 37.3 Å². The van der Waals surface area contributed by atoms with Crippen molar-refractivity contribution in [2.45, 2.75) is 18.7 Å². The summed E-state index contributed by atoms with van der Waals surface area (Å²) in [6.45, 7) is 3.89. The van der Waals surface area contributed by atoms with Gasteiger partial charge in [0.05, 0.1) is 10.6 Å². The molecule has 2 aromatic carbocycles. The number of aromatic nitrogens is 1. The number of hydrogen-bond acceptors (Lipinski definition) is 4. The van der Waals surface area contributed by atoms with E-state index in [0.717, 1.165) is 0 Å². The monoisotopic (exact) mass is 316 g/mol. The Morgan fingerprint density at radius 3 is 2.55 bits per heavy atom. The van der Waals surface area contributed by atoms with Crippen LogP contribution in [0.2, 0.25) is 0 Å². The third-order valence-corrected chi connectivity index (χ3v) is 5.28. The summed E-state index contributed by atoms with van der Waals surface area (Å²) in [5, 5.41) is 0. The van der Waals surface area contributed by atoms with Crippen molar-refractivity contribution in [3.63, 3.8) is 0 Å². The molecule has 0 aliphatic rings. The van der Waals surface area contributed by atoms with Crippen LogP contribution in [0.3, 0.4) is 0 Å². The third-order valence-electron chi connectivity index (χ3n) is 3.39. The van der Waals surface area contributed by atoms with Gasteiger partial charge in [0.1, 0.15) is 5.52 Å². The highest BCUT2D eigenvalue weighted by molar-refractivity contribution is 7.92. The maximum absolute atomic E-state index is 12.9. The molecule has 0 N–H and O–H groups in total. The van der Waals surface area contributed by atoms with Crippen molar-refractivity contribution in [1.29, 1.82) is 0 Å². The number of anilines is 1. The molecule has 22 heavy (non-hydrogen) atoms. The van der Waals surface area contributed by atoms with Crippen LogP contribution in [0.25, 0.3) is 11.1 Å². The quantitative estimate of drug-likeness (QED) is 0.740. The number of fused-ring (bicyclic) bond motifs is 1. The van der Waals surface area contributed by atoms with Crippen molar-refractivity contribution in [2.24, 2.45) is 0 Å². The van der Waals surface area contributed by atoms with Gasteiger partial charge in [-0.2, -0.15) is 0 Å². The van der Waals surface area contributed by atoms with Crippen LogP contribution in [0.1, 0.15) is 12.8 Å². The minimum Gasteiger partial charge on any atom is -0.441 e. The molecule has 0 unspecified atom stereocenters. The zero-order valence-electron chi connectivity index (χ0n) is 12.4. The third kappa shape index (κ3) is 2.46. The van der Waals surface area contributed by atoms with Crippen molar-refractivity contribution in [1.82, 2.24) is 4.98 Å². The molecule has 5 nitrogen and oxygen atoms in total. The lowest BCUT2D eigenvalue weighted by atomic mass is 10.3. The van der Waals surface area contributed by atoms with Crippen LogP contribution in [-0.2, 0) is 10.0 Å². The molecule has 0 aliphatic heterocycles. The highest BCUT2D eigenvalue weighted by Gasteiger charge is 2.24. The molecule has 0 radical (unpaired) electrons. The number of sulfonamides is 1. The van der Waals surface area contributed by atoms with Crippen molar-refractivity contribution in [3.05, 3.63) is 54.4 Å².